The highest BCUT2D eigenvalue weighted by molar-refractivity contribution is 5.94. The van der Waals surface area contributed by atoms with Gasteiger partial charge in [0.15, 0.2) is 0 Å². The predicted molar refractivity (Wildman–Crippen MR) is 54.0 cm³/mol. The number of aromatic nitrogens is 2. The zero-order chi connectivity index (χ0) is 11.7. The number of carboxylic acid groups (broad SMARTS) is 1. The molecule has 0 amide bonds. The molecule has 82 valence electrons. The van der Waals surface area contributed by atoms with Crippen molar-refractivity contribution in [1.82, 2.24) is 9.78 Å². The van der Waals surface area contributed by atoms with Gasteiger partial charge in [-0.1, -0.05) is 0 Å². The minimum Gasteiger partial charge on any atom is -0.476 e. The van der Waals surface area contributed by atoms with Crippen molar-refractivity contribution in [3.05, 3.63) is 22.8 Å². The van der Waals surface area contributed by atoms with Crippen molar-refractivity contribution < 1.29 is 14.3 Å². The molecule has 0 saturated heterocycles. The summed E-state index contributed by atoms with van der Waals surface area (Å²) in [7, 11) is 1.73. The van der Waals surface area contributed by atoms with Gasteiger partial charge < -0.3 is 5.11 Å². The highest BCUT2D eigenvalue weighted by Gasteiger charge is 2.18. The van der Waals surface area contributed by atoms with E-state index < -0.39 is 11.8 Å². The monoisotopic (exact) mass is 212 g/mol. The molecule has 1 aromatic heterocycles. The Morgan fingerprint density at radius 1 is 1.47 bits per heavy atom. The first-order valence-corrected chi connectivity index (χ1v) is 4.46. The molecule has 1 N–H and O–H groups in total. The van der Waals surface area contributed by atoms with Crippen molar-refractivity contribution in [2.45, 2.75) is 20.8 Å². The number of allylic oxidation sites excluding steroid dienone is 1. The fourth-order valence-corrected chi connectivity index (χ4v) is 1.59. The first kappa shape index (κ1) is 11.4. The first-order valence-electron chi connectivity index (χ1n) is 4.46. The second kappa shape index (κ2) is 3.84. The molecule has 0 aliphatic carbocycles. The van der Waals surface area contributed by atoms with Crippen LogP contribution in [0, 0.1) is 13.8 Å². The summed E-state index contributed by atoms with van der Waals surface area (Å²) in [6, 6.07) is 0. The summed E-state index contributed by atoms with van der Waals surface area (Å²) in [6.07, 6.45) is 0. The predicted octanol–water partition coefficient (Wildman–Crippen LogP) is 1.82. The number of hydrogen-bond donors (Lipinski definition) is 1. The standard InChI is InChI=1S/C10H13FN2O2/c1-5(9(11)10(14)15)8-6(2)12-13(4)7(8)3/h1-4H3,(H,14,15). The molecule has 0 radical (unpaired) electrons. The van der Waals surface area contributed by atoms with Gasteiger partial charge in [-0.25, -0.2) is 4.79 Å². The van der Waals surface area contributed by atoms with E-state index in [-0.39, 0.29) is 5.57 Å². The lowest BCUT2D eigenvalue weighted by Crippen LogP contribution is -1.99. The lowest BCUT2D eigenvalue weighted by molar-refractivity contribution is -0.134. The van der Waals surface area contributed by atoms with Crippen molar-refractivity contribution in [3.8, 4) is 0 Å². The Morgan fingerprint density at radius 3 is 2.33 bits per heavy atom. The highest BCUT2D eigenvalue weighted by atomic mass is 19.1. The van der Waals surface area contributed by atoms with Crippen LogP contribution in [0.4, 0.5) is 4.39 Å². The lowest BCUT2D eigenvalue weighted by Gasteiger charge is -2.02. The number of rotatable bonds is 2. The summed E-state index contributed by atoms with van der Waals surface area (Å²) in [4.78, 5) is 10.5. The van der Waals surface area contributed by atoms with E-state index in [2.05, 4.69) is 5.10 Å². The van der Waals surface area contributed by atoms with Crippen molar-refractivity contribution in [2.75, 3.05) is 0 Å². The van der Waals surface area contributed by atoms with Crippen LogP contribution in [0.25, 0.3) is 5.57 Å². The Bertz CT molecular complexity index is 447. The van der Waals surface area contributed by atoms with Crippen molar-refractivity contribution >= 4 is 11.5 Å². The van der Waals surface area contributed by atoms with Gasteiger partial charge in [-0.2, -0.15) is 9.49 Å². The van der Waals surface area contributed by atoms with Gasteiger partial charge in [-0.15, -0.1) is 0 Å². The Hall–Kier alpha value is -1.65. The summed E-state index contributed by atoms with van der Waals surface area (Å²) in [6.45, 7) is 4.94. The molecule has 15 heavy (non-hydrogen) atoms. The van der Waals surface area contributed by atoms with E-state index in [0.29, 0.717) is 11.3 Å². The van der Waals surface area contributed by atoms with Gasteiger partial charge in [0, 0.05) is 23.9 Å². The summed E-state index contributed by atoms with van der Waals surface area (Å²) in [5, 5.41) is 12.6. The fraction of sp³-hybridized carbons (Fsp3) is 0.400. The second-order valence-corrected chi connectivity index (χ2v) is 3.41. The van der Waals surface area contributed by atoms with E-state index >= 15 is 0 Å². The van der Waals surface area contributed by atoms with Crippen molar-refractivity contribution in [2.24, 2.45) is 7.05 Å². The van der Waals surface area contributed by atoms with Gasteiger partial charge >= 0.3 is 5.97 Å². The molecule has 0 aromatic carbocycles. The molecule has 0 atom stereocenters. The van der Waals surface area contributed by atoms with Crippen LogP contribution >= 0.6 is 0 Å². The second-order valence-electron chi connectivity index (χ2n) is 3.41. The Balaban J connectivity index is 3.40. The van der Waals surface area contributed by atoms with Gasteiger partial charge in [-0.05, 0) is 20.8 Å². The van der Waals surface area contributed by atoms with E-state index in [9.17, 15) is 9.18 Å². The minimum absolute atomic E-state index is 0.116. The number of aliphatic carboxylic acids is 1. The van der Waals surface area contributed by atoms with Gasteiger partial charge in [-0.3, -0.25) is 4.68 Å². The third kappa shape index (κ3) is 1.91. The lowest BCUT2D eigenvalue weighted by atomic mass is 10.0. The van der Waals surface area contributed by atoms with Crippen LogP contribution in [0.3, 0.4) is 0 Å². The maximum Gasteiger partial charge on any atom is 0.365 e. The van der Waals surface area contributed by atoms with Crippen molar-refractivity contribution in [3.63, 3.8) is 0 Å². The van der Waals surface area contributed by atoms with E-state index in [1.807, 2.05) is 0 Å². The van der Waals surface area contributed by atoms with Gasteiger partial charge in [0.1, 0.15) is 0 Å². The molecule has 4 nitrogen and oxygen atoms in total. The Kier molecular flexibility index (Phi) is 2.93. The number of hydrogen-bond acceptors (Lipinski definition) is 2. The third-order valence-corrected chi connectivity index (χ3v) is 2.40. The molecule has 1 heterocycles. The van der Waals surface area contributed by atoms with E-state index in [4.69, 9.17) is 5.11 Å². The maximum absolute atomic E-state index is 13.2. The van der Waals surface area contributed by atoms with Crippen LogP contribution in [0.5, 0.6) is 0 Å². The average Bonchev–Trinajstić information content (AvgIpc) is 2.39. The smallest absolute Gasteiger partial charge is 0.365 e. The minimum atomic E-state index is -1.55. The SMILES string of the molecule is CC(=C(F)C(=O)O)c1c(C)nn(C)c1C. The van der Waals surface area contributed by atoms with Crippen LogP contribution in [0.1, 0.15) is 23.9 Å². The van der Waals surface area contributed by atoms with Gasteiger partial charge in [0.25, 0.3) is 0 Å². The zero-order valence-corrected chi connectivity index (χ0v) is 9.13. The molecular formula is C10H13FN2O2. The van der Waals surface area contributed by atoms with E-state index in [0.717, 1.165) is 5.69 Å². The number of halogens is 1. The highest BCUT2D eigenvalue weighted by Crippen LogP contribution is 2.25. The molecule has 5 heteroatoms. The Morgan fingerprint density at radius 2 is 2.00 bits per heavy atom. The first-order chi connectivity index (χ1) is 6.86. The molecule has 0 bridgehead atoms. The largest absolute Gasteiger partial charge is 0.476 e. The quantitative estimate of drug-likeness (QED) is 0.761. The van der Waals surface area contributed by atoms with E-state index in [1.54, 1.807) is 25.6 Å². The molecule has 0 spiro atoms. The Labute approximate surface area is 87.0 Å². The topological polar surface area (TPSA) is 55.1 Å². The van der Waals surface area contributed by atoms with Crippen LogP contribution < -0.4 is 0 Å². The number of nitrogens with zero attached hydrogens (tertiary/aromatic N) is 2. The summed E-state index contributed by atoms with van der Waals surface area (Å²) >= 11 is 0. The summed E-state index contributed by atoms with van der Waals surface area (Å²) < 4.78 is 14.8. The molecule has 0 aliphatic rings. The third-order valence-electron chi connectivity index (χ3n) is 2.40. The van der Waals surface area contributed by atoms with Crippen LogP contribution in [-0.4, -0.2) is 20.9 Å². The van der Waals surface area contributed by atoms with Crippen LogP contribution in [0.2, 0.25) is 0 Å². The number of carboxylic acids is 1. The molecule has 0 fully saturated rings. The van der Waals surface area contributed by atoms with E-state index in [1.165, 1.54) is 6.92 Å². The fourth-order valence-electron chi connectivity index (χ4n) is 1.59. The summed E-state index contributed by atoms with van der Waals surface area (Å²) in [5.74, 6) is -2.68. The molecule has 0 unspecified atom stereocenters. The normalized spacial score (nSPS) is 12.6. The molecule has 0 saturated carbocycles. The maximum atomic E-state index is 13.2. The van der Waals surface area contributed by atoms with Gasteiger partial charge in [0.2, 0.25) is 5.83 Å². The molecule has 1 rings (SSSR count). The number of aryl methyl sites for hydroxylation is 2. The molecule has 0 aliphatic heterocycles. The molecule has 1 aromatic rings. The van der Waals surface area contributed by atoms with Crippen LogP contribution in [0.15, 0.2) is 5.83 Å². The van der Waals surface area contributed by atoms with Crippen molar-refractivity contribution in [1.29, 1.82) is 0 Å². The number of carbonyl (C=O) groups is 1. The van der Waals surface area contributed by atoms with Crippen LogP contribution in [-0.2, 0) is 11.8 Å². The molecular weight excluding hydrogens is 199 g/mol. The average molecular weight is 212 g/mol. The van der Waals surface area contributed by atoms with Gasteiger partial charge in [0.05, 0.1) is 5.69 Å². The zero-order valence-electron chi connectivity index (χ0n) is 9.13. The summed E-state index contributed by atoms with van der Waals surface area (Å²) in [5.41, 5.74) is 2.06.